The highest BCUT2D eigenvalue weighted by Gasteiger charge is 2.26. The van der Waals surface area contributed by atoms with Crippen molar-refractivity contribution >= 4 is 0 Å². The first-order valence-corrected chi connectivity index (χ1v) is 4.56. The van der Waals surface area contributed by atoms with Crippen LogP contribution in [0.15, 0.2) is 18.7 Å². The number of hydrogen-bond donors (Lipinski definition) is 1. The van der Waals surface area contributed by atoms with Crippen LogP contribution < -0.4 is 5.32 Å². The number of rotatable bonds is 2. The molecule has 1 aliphatic carbocycles. The zero-order valence-corrected chi connectivity index (χ0v) is 7.40. The van der Waals surface area contributed by atoms with Crippen molar-refractivity contribution < 1.29 is 0 Å². The van der Waals surface area contributed by atoms with Gasteiger partial charge in [-0.1, -0.05) is 0 Å². The van der Waals surface area contributed by atoms with E-state index >= 15 is 0 Å². The molecule has 1 aromatic heterocycles. The molecule has 1 aromatic rings. The molecular formula is C9H15N3. The van der Waals surface area contributed by atoms with E-state index in [0.29, 0.717) is 12.1 Å². The van der Waals surface area contributed by atoms with Crippen LogP contribution in [0.5, 0.6) is 0 Å². The summed E-state index contributed by atoms with van der Waals surface area (Å²) in [6, 6.07) is 1.26. The van der Waals surface area contributed by atoms with Crippen molar-refractivity contribution in [1.82, 2.24) is 14.9 Å². The Labute approximate surface area is 72.8 Å². The Morgan fingerprint density at radius 2 is 2.42 bits per heavy atom. The van der Waals surface area contributed by atoms with Crippen LogP contribution in [-0.4, -0.2) is 22.6 Å². The number of aromatic nitrogens is 2. The molecule has 2 unspecified atom stereocenters. The maximum absolute atomic E-state index is 4.07. The molecule has 66 valence electrons. The molecule has 2 rings (SSSR count). The zero-order chi connectivity index (χ0) is 8.39. The molecule has 1 fully saturated rings. The van der Waals surface area contributed by atoms with Gasteiger partial charge in [0.25, 0.3) is 0 Å². The first-order valence-electron chi connectivity index (χ1n) is 4.56. The Morgan fingerprint density at radius 1 is 1.50 bits per heavy atom. The first-order chi connectivity index (χ1) is 5.92. The lowest BCUT2D eigenvalue weighted by Gasteiger charge is -2.19. The van der Waals surface area contributed by atoms with Crippen molar-refractivity contribution in [3.63, 3.8) is 0 Å². The summed E-state index contributed by atoms with van der Waals surface area (Å²) >= 11 is 0. The third-order valence-corrected chi connectivity index (χ3v) is 2.76. The average molecular weight is 165 g/mol. The van der Waals surface area contributed by atoms with E-state index < -0.39 is 0 Å². The summed E-state index contributed by atoms with van der Waals surface area (Å²) < 4.78 is 2.22. The lowest BCUT2D eigenvalue weighted by molar-refractivity contribution is 0.414. The molecule has 2 atom stereocenters. The molecule has 1 aliphatic rings. The Bertz CT molecular complexity index is 230. The highest BCUT2D eigenvalue weighted by molar-refractivity contribution is 4.90. The van der Waals surface area contributed by atoms with Crippen LogP contribution in [-0.2, 0) is 0 Å². The number of imidazole rings is 1. The van der Waals surface area contributed by atoms with Gasteiger partial charge in [-0.25, -0.2) is 4.98 Å². The Hall–Kier alpha value is -0.830. The lowest BCUT2D eigenvalue weighted by atomic mass is 10.2. The summed E-state index contributed by atoms with van der Waals surface area (Å²) in [6.07, 6.45) is 9.72. The highest BCUT2D eigenvalue weighted by Crippen LogP contribution is 2.29. The Morgan fingerprint density at radius 3 is 3.08 bits per heavy atom. The molecule has 0 radical (unpaired) electrons. The van der Waals surface area contributed by atoms with Gasteiger partial charge in [-0.3, -0.25) is 0 Å². The molecule has 1 saturated carbocycles. The SMILES string of the molecule is CNC1CCCC1n1ccnc1. The second-order valence-corrected chi connectivity index (χ2v) is 3.40. The third-order valence-electron chi connectivity index (χ3n) is 2.76. The molecule has 1 N–H and O–H groups in total. The molecule has 1 heterocycles. The van der Waals surface area contributed by atoms with E-state index in [1.165, 1.54) is 19.3 Å². The van der Waals surface area contributed by atoms with Crippen LogP contribution >= 0.6 is 0 Å². The molecular weight excluding hydrogens is 150 g/mol. The summed E-state index contributed by atoms with van der Waals surface area (Å²) in [5, 5.41) is 3.35. The molecule has 3 heteroatoms. The Kier molecular flexibility index (Phi) is 2.13. The fourth-order valence-corrected chi connectivity index (χ4v) is 2.10. The predicted octanol–water partition coefficient (Wildman–Crippen LogP) is 1.20. The van der Waals surface area contributed by atoms with Gasteiger partial charge in [-0.2, -0.15) is 0 Å². The first kappa shape index (κ1) is 7.80. The Balaban J connectivity index is 2.13. The van der Waals surface area contributed by atoms with Crippen LogP contribution in [0.25, 0.3) is 0 Å². The quantitative estimate of drug-likeness (QED) is 0.713. The topological polar surface area (TPSA) is 29.9 Å². The van der Waals surface area contributed by atoms with E-state index in [4.69, 9.17) is 0 Å². The van der Waals surface area contributed by atoms with Gasteiger partial charge in [0.15, 0.2) is 0 Å². The van der Waals surface area contributed by atoms with Crippen LogP contribution in [0.4, 0.5) is 0 Å². The number of hydrogen-bond acceptors (Lipinski definition) is 2. The van der Waals surface area contributed by atoms with Crippen molar-refractivity contribution in [2.24, 2.45) is 0 Å². The summed E-state index contributed by atoms with van der Waals surface area (Å²) in [4.78, 5) is 4.07. The van der Waals surface area contributed by atoms with E-state index in [-0.39, 0.29) is 0 Å². The minimum absolute atomic E-state index is 0.623. The molecule has 0 saturated heterocycles. The van der Waals surface area contributed by atoms with Crippen molar-refractivity contribution in [2.75, 3.05) is 7.05 Å². The largest absolute Gasteiger partial charge is 0.333 e. The van der Waals surface area contributed by atoms with Gasteiger partial charge in [-0.05, 0) is 26.3 Å². The van der Waals surface area contributed by atoms with Gasteiger partial charge in [-0.15, -0.1) is 0 Å². The standard InChI is InChI=1S/C9H15N3/c1-10-8-3-2-4-9(8)12-6-5-11-7-12/h5-10H,2-4H2,1H3. The predicted molar refractivity (Wildman–Crippen MR) is 48.0 cm³/mol. The average Bonchev–Trinajstić information content (AvgIpc) is 2.74. The van der Waals surface area contributed by atoms with Crippen LogP contribution in [0.2, 0.25) is 0 Å². The molecule has 0 aromatic carbocycles. The van der Waals surface area contributed by atoms with Gasteiger partial charge in [0.2, 0.25) is 0 Å². The number of nitrogens with one attached hydrogen (secondary N) is 1. The fraction of sp³-hybridized carbons (Fsp3) is 0.667. The van der Waals surface area contributed by atoms with E-state index in [2.05, 4.69) is 21.1 Å². The van der Waals surface area contributed by atoms with Crippen LogP contribution in [0.3, 0.4) is 0 Å². The van der Waals surface area contributed by atoms with Crippen LogP contribution in [0.1, 0.15) is 25.3 Å². The summed E-state index contributed by atoms with van der Waals surface area (Å²) in [5.74, 6) is 0. The van der Waals surface area contributed by atoms with E-state index in [9.17, 15) is 0 Å². The van der Waals surface area contributed by atoms with E-state index in [1.54, 1.807) is 0 Å². The van der Waals surface area contributed by atoms with Gasteiger partial charge in [0, 0.05) is 24.5 Å². The molecule has 0 spiro atoms. The van der Waals surface area contributed by atoms with Crippen molar-refractivity contribution in [2.45, 2.75) is 31.3 Å². The smallest absolute Gasteiger partial charge is 0.0949 e. The second-order valence-electron chi connectivity index (χ2n) is 3.40. The molecule has 0 amide bonds. The van der Waals surface area contributed by atoms with Crippen molar-refractivity contribution in [1.29, 1.82) is 0 Å². The zero-order valence-electron chi connectivity index (χ0n) is 7.40. The number of nitrogens with zero attached hydrogens (tertiary/aromatic N) is 2. The van der Waals surface area contributed by atoms with Crippen LogP contribution in [0, 0.1) is 0 Å². The lowest BCUT2D eigenvalue weighted by Crippen LogP contribution is -2.30. The molecule has 12 heavy (non-hydrogen) atoms. The maximum atomic E-state index is 4.07. The highest BCUT2D eigenvalue weighted by atomic mass is 15.1. The third kappa shape index (κ3) is 1.25. The summed E-state index contributed by atoms with van der Waals surface area (Å²) in [6.45, 7) is 0. The van der Waals surface area contributed by atoms with Gasteiger partial charge in [0.05, 0.1) is 6.33 Å². The number of likely N-dealkylation sites (N-methyl/N-ethyl adjacent to an activating group) is 1. The van der Waals surface area contributed by atoms with Crippen molar-refractivity contribution in [3.05, 3.63) is 18.7 Å². The summed E-state index contributed by atoms with van der Waals surface area (Å²) in [5.41, 5.74) is 0. The normalized spacial score (nSPS) is 29.4. The minimum atomic E-state index is 0.623. The van der Waals surface area contributed by atoms with E-state index in [0.717, 1.165) is 0 Å². The van der Waals surface area contributed by atoms with Gasteiger partial charge in [0.1, 0.15) is 0 Å². The maximum Gasteiger partial charge on any atom is 0.0949 e. The minimum Gasteiger partial charge on any atom is -0.333 e. The molecule has 0 aliphatic heterocycles. The van der Waals surface area contributed by atoms with Crippen molar-refractivity contribution in [3.8, 4) is 0 Å². The fourth-order valence-electron chi connectivity index (χ4n) is 2.10. The van der Waals surface area contributed by atoms with E-state index in [1.807, 2.05) is 19.6 Å². The second kappa shape index (κ2) is 3.27. The van der Waals surface area contributed by atoms with Gasteiger partial charge >= 0.3 is 0 Å². The molecule has 0 bridgehead atoms. The monoisotopic (exact) mass is 165 g/mol. The summed E-state index contributed by atoms with van der Waals surface area (Å²) in [7, 11) is 2.04. The van der Waals surface area contributed by atoms with Gasteiger partial charge < -0.3 is 9.88 Å². The molecule has 3 nitrogen and oxygen atoms in total.